The molecule has 1 aliphatic carbocycles. The van der Waals surface area contributed by atoms with Gasteiger partial charge in [-0.15, -0.1) is 0 Å². The van der Waals surface area contributed by atoms with Crippen molar-refractivity contribution < 1.29 is 0 Å². The van der Waals surface area contributed by atoms with E-state index in [2.05, 4.69) is 18.3 Å². The van der Waals surface area contributed by atoms with Crippen molar-refractivity contribution in [2.24, 2.45) is 0 Å². The second-order valence-corrected chi connectivity index (χ2v) is 5.44. The summed E-state index contributed by atoms with van der Waals surface area (Å²) in [4.78, 5) is 0. The quantitative estimate of drug-likeness (QED) is 0.778. The zero-order valence-electron chi connectivity index (χ0n) is 9.18. The van der Waals surface area contributed by atoms with E-state index in [-0.39, 0.29) is 5.54 Å². The molecule has 0 bridgehead atoms. The number of thioether (sulfide) groups is 1. The van der Waals surface area contributed by atoms with E-state index >= 15 is 0 Å². The van der Waals surface area contributed by atoms with E-state index in [0.717, 1.165) is 12.8 Å². The van der Waals surface area contributed by atoms with Crippen molar-refractivity contribution in [1.82, 2.24) is 5.32 Å². The molecule has 0 aliphatic heterocycles. The molecule has 0 aromatic rings. The van der Waals surface area contributed by atoms with Gasteiger partial charge in [0.2, 0.25) is 0 Å². The fourth-order valence-corrected chi connectivity index (χ4v) is 3.34. The van der Waals surface area contributed by atoms with E-state index in [9.17, 15) is 0 Å². The van der Waals surface area contributed by atoms with E-state index in [1.165, 1.54) is 25.0 Å². The molecule has 1 rings (SSSR count). The Bertz CT molecular complexity index is 212. The van der Waals surface area contributed by atoms with Crippen molar-refractivity contribution in [3.8, 4) is 6.07 Å². The predicted octanol–water partition coefficient (Wildman–Crippen LogP) is 2.55. The molecular formula is C11H20N2S. The maximum Gasteiger partial charge on any atom is 0.107 e. The van der Waals surface area contributed by atoms with Crippen LogP contribution in [0.3, 0.4) is 0 Å². The van der Waals surface area contributed by atoms with Crippen molar-refractivity contribution in [3.05, 3.63) is 0 Å². The second kappa shape index (κ2) is 5.63. The third-order valence-electron chi connectivity index (χ3n) is 2.96. The van der Waals surface area contributed by atoms with Gasteiger partial charge in [0, 0.05) is 5.25 Å². The minimum Gasteiger partial charge on any atom is -0.302 e. The van der Waals surface area contributed by atoms with Gasteiger partial charge in [0.05, 0.1) is 6.07 Å². The molecule has 1 aliphatic rings. The van der Waals surface area contributed by atoms with E-state index in [0.29, 0.717) is 5.25 Å². The molecule has 0 amide bonds. The first-order valence-electron chi connectivity index (χ1n) is 5.48. The minimum absolute atomic E-state index is 0.232. The minimum atomic E-state index is -0.232. The number of nitrogens with zero attached hydrogens (tertiary/aromatic N) is 1. The maximum atomic E-state index is 9.16. The van der Waals surface area contributed by atoms with Gasteiger partial charge in [-0.2, -0.15) is 17.0 Å². The Morgan fingerprint density at radius 2 is 2.43 bits per heavy atom. The summed E-state index contributed by atoms with van der Waals surface area (Å²) in [5, 5.41) is 13.1. The zero-order valence-corrected chi connectivity index (χ0v) is 9.99. The van der Waals surface area contributed by atoms with Gasteiger partial charge < -0.3 is 5.32 Å². The maximum absolute atomic E-state index is 9.16. The molecule has 1 fully saturated rings. The third kappa shape index (κ3) is 2.90. The molecule has 0 spiro atoms. The Kier molecular flexibility index (Phi) is 4.77. The van der Waals surface area contributed by atoms with Crippen LogP contribution in [0, 0.1) is 11.3 Å². The Morgan fingerprint density at radius 3 is 3.00 bits per heavy atom. The molecule has 14 heavy (non-hydrogen) atoms. The SMILES string of the molecule is CCCSC1CCCC(C#N)(NC)C1. The summed E-state index contributed by atoms with van der Waals surface area (Å²) in [7, 11) is 1.91. The van der Waals surface area contributed by atoms with Gasteiger partial charge in [-0.25, -0.2) is 0 Å². The van der Waals surface area contributed by atoms with Crippen LogP contribution in [0.25, 0.3) is 0 Å². The van der Waals surface area contributed by atoms with Crippen LogP contribution in [0.2, 0.25) is 0 Å². The number of nitriles is 1. The summed E-state index contributed by atoms with van der Waals surface area (Å²) in [5.41, 5.74) is -0.232. The van der Waals surface area contributed by atoms with E-state index in [4.69, 9.17) is 5.26 Å². The van der Waals surface area contributed by atoms with E-state index < -0.39 is 0 Å². The molecule has 0 saturated heterocycles. The molecule has 0 radical (unpaired) electrons. The summed E-state index contributed by atoms with van der Waals surface area (Å²) in [6, 6.07) is 2.45. The summed E-state index contributed by atoms with van der Waals surface area (Å²) in [6.45, 7) is 2.21. The highest BCUT2D eigenvalue weighted by atomic mass is 32.2. The van der Waals surface area contributed by atoms with Crippen LogP contribution < -0.4 is 5.32 Å². The molecule has 1 saturated carbocycles. The fourth-order valence-electron chi connectivity index (χ4n) is 2.04. The van der Waals surface area contributed by atoms with Gasteiger partial charge in [-0.1, -0.05) is 6.92 Å². The summed E-state index contributed by atoms with van der Waals surface area (Å²) in [6.07, 6.45) is 5.75. The Hall–Kier alpha value is -0.200. The van der Waals surface area contributed by atoms with Crippen LogP contribution >= 0.6 is 11.8 Å². The average molecular weight is 212 g/mol. The molecule has 0 aromatic heterocycles. The van der Waals surface area contributed by atoms with Crippen LogP contribution in [-0.2, 0) is 0 Å². The van der Waals surface area contributed by atoms with Crippen LogP contribution in [0.1, 0.15) is 39.0 Å². The van der Waals surface area contributed by atoms with Gasteiger partial charge in [-0.3, -0.25) is 0 Å². The van der Waals surface area contributed by atoms with Gasteiger partial charge in [0.1, 0.15) is 5.54 Å². The Balaban J connectivity index is 2.46. The molecule has 2 unspecified atom stereocenters. The van der Waals surface area contributed by atoms with Gasteiger partial charge in [0.25, 0.3) is 0 Å². The molecule has 80 valence electrons. The molecule has 0 heterocycles. The number of rotatable bonds is 4. The van der Waals surface area contributed by atoms with Crippen molar-refractivity contribution >= 4 is 11.8 Å². The third-order valence-corrected chi connectivity index (χ3v) is 4.47. The number of nitrogens with one attached hydrogen (secondary N) is 1. The Labute approximate surface area is 91.4 Å². The first kappa shape index (κ1) is 11.9. The lowest BCUT2D eigenvalue weighted by molar-refractivity contribution is 0.323. The smallest absolute Gasteiger partial charge is 0.107 e. The highest BCUT2D eigenvalue weighted by Crippen LogP contribution is 2.34. The van der Waals surface area contributed by atoms with E-state index in [1.54, 1.807) is 0 Å². The summed E-state index contributed by atoms with van der Waals surface area (Å²) >= 11 is 2.04. The lowest BCUT2D eigenvalue weighted by Gasteiger charge is -2.35. The highest BCUT2D eigenvalue weighted by Gasteiger charge is 2.34. The topological polar surface area (TPSA) is 35.8 Å². The first-order valence-corrected chi connectivity index (χ1v) is 6.53. The van der Waals surface area contributed by atoms with Crippen molar-refractivity contribution in [1.29, 1.82) is 5.26 Å². The molecular weight excluding hydrogens is 192 g/mol. The van der Waals surface area contributed by atoms with Crippen LogP contribution in [0.4, 0.5) is 0 Å². The number of hydrogen-bond donors (Lipinski definition) is 1. The van der Waals surface area contributed by atoms with Gasteiger partial charge in [0.15, 0.2) is 0 Å². The van der Waals surface area contributed by atoms with Crippen LogP contribution in [-0.4, -0.2) is 23.6 Å². The summed E-state index contributed by atoms with van der Waals surface area (Å²) < 4.78 is 0. The van der Waals surface area contributed by atoms with Gasteiger partial charge >= 0.3 is 0 Å². The van der Waals surface area contributed by atoms with Gasteiger partial charge in [-0.05, 0) is 44.9 Å². The largest absolute Gasteiger partial charge is 0.302 e. The lowest BCUT2D eigenvalue weighted by atomic mass is 9.83. The first-order chi connectivity index (χ1) is 6.76. The standard InChI is InChI=1S/C11H20N2S/c1-3-7-14-10-5-4-6-11(8-10,9-12)13-2/h10,13H,3-8H2,1-2H3. The van der Waals surface area contributed by atoms with Crippen molar-refractivity contribution in [3.63, 3.8) is 0 Å². The molecule has 2 atom stereocenters. The normalized spacial score (nSPS) is 32.5. The highest BCUT2D eigenvalue weighted by molar-refractivity contribution is 7.99. The molecule has 0 aromatic carbocycles. The van der Waals surface area contributed by atoms with E-state index in [1.807, 2.05) is 18.8 Å². The van der Waals surface area contributed by atoms with Crippen LogP contribution in [0.5, 0.6) is 0 Å². The van der Waals surface area contributed by atoms with Crippen molar-refractivity contribution in [2.45, 2.75) is 49.8 Å². The number of hydrogen-bond acceptors (Lipinski definition) is 3. The molecule has 2 nitrogen and oxygen atoms in total. The Morgan fingerprint density at radius 1 is 1.64 bits per heavy atom. The predicted molar refractivity (Wildman–Crippen MR) is 62.4 cm³/mol. The fraction of sp³-hybridized carbons (Fsp3) is 0.909. The van der Waals surface area contributed by atoms with Crippen LogP contribution in [0.15, 0.2) is 0 Å². The average Bonchev–Trinajstić information content (AvgIpc) is 2.26. The van der Waals surface area contributed by atoms with Crippen molar-refractivity contribution in [2.75, 3.05) is 12.8 Å². The monoisotopic (exact) mass is 212 g/mol. The second-order valence-electron chi connectivity index (χ2n) is 4.03. The molecule has 1 N–H and O–H groups in total. The zero-order chi connectivity index (χ0) is 10.4. The molecule has 3 heteroatoms. The lowest BCUT2D eigenvalue weighted by Crippen LogP contribution is -2.46. The summed E-state index contributed by atoms with van der Waals surface area (Å²) in [5.74, 6) is 1.23.